The van der Waals surface area contributed by atoms with Crippen molar-refractivity contribution in [1.82, 2.24) is 4.98 Å². The lowest BCUT2D eigenvalue weighted by molar-refractivity contribution is -0.138. The van der Waals surface area contributed by atoms with Crippen LogP contribution in [0.1, 0.15) is 5.56 Å². The SMILES string of the molecule is COC(=O)C1=C(Nc2ccccc2NC(=O)CSc2ncc(C(F)(F)F)cc2Cl)CSC1. The average Bonchev–Trinajstić information content (AvgIpc) is 3.21. The second-order valence-corrected chi connectivity index (χ2v) is 8.81. The maximum Gasteiger partial charge on any atom is 0.417 e. The molecule has 0 saturated heterocycles. The number of thioether (sulfide) groups is 2. The van der Waals surface area contributed by atoms with Gasteiger partial charge < -0.3 is 15.4 Å². The van der Waals surface area contributed by atoms with Gasteiger partial charge in [0, 0.05) is 23.4 Å². The molecule has 1 amide bonds. The first-order chi connectivity index (χ1) is 15.2. The van der Waals surface area contributed by atoms with Gasteiger partial charge >= 0.3 is 12.1 Å². The summed E-state index contributed by atoms with van der Waals surface area (Å²) < 4.78 is 43.0. The number of carbonyl (C=O) groups is 2. The Balaban J connectivity index is 1.66. The van der Waals surface area contributed by atoms with Crippen LogP contribution < -0.4 is 10.6 Å². The first kappa shape index (κ1) is 24.3. The van der Waals surface area contributed by atoms with Crippen LogP contribution in [0.4, 0.5) is 24.5 Å². The van der Waals surface area contributed by atoms with Crippen LogP contribution in [0.15, 0.2) is 52.8 Å². The Hall–Kier alpha value is -2.37. The van der Waals surface area contributed by atoms with E-state index in [1.807, 2.05) is 0 Å². The molecule has 1 aliphatic rings. The molecule has 0 fully saturated rings. The Bertz CT molecular complexity index is 1060. The van der Waals surface area contributed by atoms with Gasteiger partial charge in [-0.3, -0.25) is 4.79 Å². The third-order valence-electron chi connectivity index (χ3n) is 4.25. The van der Waals surface area contributed by atoms with Crippen LogP contribution in [-0.4, -0.2) is 41.2 Å². The Labute approximate surface area is 195 Å². The molecule has 6 nitrogen and oxygen atoms in total. The molecule has 0 saturated carbocycles. The van der Waals surface area contributed by atoms with Crippen molar-refractivity contribution in [3.63, 3.8) is 0 Å². The lowest BCUT2D eigenvalue weighted by atomic mass is 10.2. The van der Waals surface area contributed by atoms with Gasteiger partial charge in [0.05, 0.1) is 40.4 Å². The Morgan fingerprint density at radius 1 is 1.25 bits per heavy atom. The number of hydrogen-bond acceptors (Lipinski definition) is 7. The normalized spacial score (nSPS) is 13.8. The smallest absolute Gasteiger partial charge is 0.417 e. The minimum absolute atomic E-state index is 0.113. The highest BCUT2D eigenvalue weighted by molar-refractivity contribution is 8.00. The van der Waals surface area contributed by atoms with Gasteiger partial charge in [-0.25, -0.2) is 9.78 Å². The summed E-state index contributed by atoms with van der Waals surface area (Å²) in [6.45, 7) is 0. The summed E-state index contributed by atoms with van der Waals surface area (Å²) in [4.78, 5) is 28.1. The number of hydrogen-bond donors (Lipinski definition) is 2. The van der Waals surface area contributed by atoms with E-state index < -0.39 is 23.6 Å². The van der Waals surface area contributed by atoms with Crippen molar-refractivity contribution < 1.29 is 27.5 Å². The van der Waals surface area contributed by atoms with Crippen molar-refractivity contribution in [2.75, 3.05) is 35.0 Å². The van der Waals surface area contributed by atoms with Crippen LogP contribution in [0, 0.1) is 0 Å². The molecule has 0 radical (unpaired) electrons. The zero-order chi connectivity index (χ0) is 23.3. The number of pyridine rings is 1. The van der Waals surface area contributed by atoms with E-state index in [4.69, 9.17) is 16.3 Å². The van der Waals surface area contributed by atoms with Gasteiger partial charge in [0.25, 0.3) is 0 Å². The minimum atomic E-state index is -4.55. The van der Waals surface area contributed by atoms with Gasteiger partial charge in [0.1, 0.15) is 5.03 Å². The van der Waals surface area contributed by atoms with E-state index >= 15 is 0 Å². The van der Waals surface area contributed by atoms with E-state index in [0.29, 0.717) is 40.3 Å². The monoisotopic (exact) mass is 503 g/mol. The summed E-state index contributed by atoms with van der Waals surface area (Å²) in [5.41, 5.74) is 1.37. The van der Waals surface area contributed by atoms with Crippen molar-refractivity contribution in [2.24, 2.45) is 0 Å². The molecule has 0 spiro atoms. The van der Waals surface area contributed by atoms with Crippen LogP contribution in [0.5, 0.6) is 0 Å². The predicted molar refractivity (Wildman–Crippen MR) is 120 cm³/mol. The maximum absolute atomic E-state index is 12.7. The number of nitrogens with zero attached hydrogens (tertiary/aromatic N) is 1. The fourth-order valence-electron chi connectivity index (χ4n) is 2.72. The van der Waals surface area contributed by atoms with Gasteiger partial charge in [-0.2, -0.15) is 24.9 Å². The zero-order valence-corrected chi connectivity index (χ0v) is 19.0. The highest BCUT2D eigenvalue weighted by atomic mass is 35.5. The van der Waals surface area contributed by atoms with Gasteiger partial charge in [0.15, 0.2) is 0 Å². The number of aromatic nitrogens is 1. The van der Waals surface area contributed by atoms with Gasteiger partial charge in [-0.1, -0.05) is 35.5 Å². The van der Waals surface area contributed by atoms with Crippen LogP contribution >= 0.6 is 35.1 Å². The zero-order valence-electron chi connectivity index (χ0n) is 16.6. The molecule has 0 unspecified atom stereocenters. The molecule has 32 heavy (non-hydrogen) atoms. The number of nitrogens with one attached hydrogen (secondary N) is 2. The molecule has 2 N–H and O–H groups in total. The standard InChI is InChI=1S/C20H17ClF3N3O3S2/c1-30-19(29)12-8-31-9-16(12)26-14-4-2-3-5-15(14)27-17(28)10-32-18-13(21)6-11(7-25-18)20(22,23)24/h2-7,26H,8-10H2,1H3,(H,27,28). The minimum Gasteiger partial charge on any atom is -0.466 e. The number of rotatable bonds is 7. The molecule has 1 aromatic carbocycles. The first-order valence-electron chi connectivity index (χ1n) is 9.08. The lowest BCUT2D eigenvalue weighted by Crippen LogP contribution is -2.16. The summed E-state index contributed by atoms with van der Waals surface area (Å²) in [5, 5.41) is 5.87. The lowest BCUT2D eigenvalue weighted by Gasteiger charge is -2.14. The predicted octanol–water partition coefficient (Wildman–Crippen LogP) is 5.07. The highest BCUT2D eigenvalue weighted by Crippen LogP contribution is 2.34. The summed E-state index contributed by atoms with van der Waals surface area (Å²) in [7, 11) is 1.32. The molecular formula is C20H17ClF3N3O3S2. The average molecular weight is 504 g/mol. The van der Waals surface area contributed by atoms with Crippen LogP contribution in [-0.2, 0) is 20.5 Å². The van der Waals surface area contributed by atoms with Gasteiger partial charge in [-0.15, -0.1) is 0 Å². The number of carbonyl (C=O) groups excluding carboxylic acids is 2. The van der Waals surface area contributed by atoms with E-state index in [2.05, 4.69) is 15.6 Å². The molecule has 12 heteroatoms. The van der Waals surface area contributed by atoms with E-state index in [1.165, 1.54) is 7.11 Å². The summed E-state index contributed by atoms with van der Waals surface area (Å²) in [6, 6.07) is 7.73. The summed E-state index contributed by atoms with van der Waals surface area (Å²) in [6.07, 6.45) is -3.87. The van der Waals surface area contributed by atoms with Gasteiger partial charge in [-0.05, 0) is 18.2 Å². The van der Waals surface area contributed by atoms with Crippen molar-refractivity contribution >= 4 is 58.4 Å². The number of amides is 1. The molecule has 2 heterocycles. The number of halogens is 4. The van der Waals surface area contributed by atoms with Crippen molar-refractivity contribution in [2.45, 2.75) is 11.2 Å². The van der Waals surface area contributed by atoms with Crippen molar-refractivity contribution in [3.8, 4) is 0 Å². The molecule has 0 atom stereocenters. The third kappa shape index (κ3) is 6.11. The number of benzene rings is 1. The highest BCUT2D eigenvalue weighted by Gasteiger charge is 2.31. The molecule has 3 rings (SSSR count). The molecule has 1 aromatic heterocycles. The van der Waals surface area contributed by atoms with Crippen LogP contribution in [0.2, 0.25) is 5.02 Å². The number of anilines is 2. The van der Waals surface area contributed by atoms with E-state index in [0.717, 1.165) is 17.8 Å². The fraction of sp³-hybridized carbons (Fsp3) is 0.250. The third-order valence-corrected chi connectivity index (χ3v) is 6.64. The van der Waals surface area contributed by atoms with Crippen LogP contribution in [0.3, 0.4) is 0 Å². The second-order valence-electron chi connectivity index (χ2n) is 6.46. The Morgan fingerprint density at radius 2 is 1.97 bits per heavy atom. The van der Waals surface area contributed by atoms with E-state index in [9.17, 15) is 22.8 Å². The Morgan fingerprint density at radius 3 is 2.62 bits per heavy atom. The number of ether oxygens (including phenoxy) is 1. The number of alkyl halides is 3. The molecule has 0 bridgehead atoms. The van der Waals surface area contributed by atoms with Gasteiger partial charge in [0.2, 0.25) is 5.91 Å². The topological polar surface area (TPSA) is 80.3 Å². The molecule has 2 aromatic rings. The molecular weight excluding hydrogens is 487 g/mol. The second kappa shape index (κ2) is 10.5. The van der Waals surface area contributed by atoms with E-state index in [1.54, 1.807) is 36.0 Å². The number of esters is 1. The van der Waals surface area contributed by atoms with Crippen molar-refractivity contribution in [1.29, 1.82) is 0 Å². The largest absolute Gasteiger partial charge is 0.466 e. The molecule has 0 aliphatic carbocycles. The first-order valence-corrected chi connectivity index (χ1v) is 11.6. The van der Waals surface area contributed by atoms with Crippen molar-refractivity contribution in [3.05, 3.63) is 58.4 Å². The van der Waals surface area contributed by atoms with Crippen LogP contribution in [0.25, 0.3) is 0 Å². The maximum atomic E-state index is 12.7. The number of methoxy groups -OCH3 is 1. The summed E-state index contributed by atoms with van der Waals surface area (Å²) >= 11 is 8.37. The molecule has 170 valence electrons. The summed E-state index contributed by atoms with van der Waals surface area (Å²) in [5.74, 6) is 0.210. The molecule has 1 aliphatic heterocycles. The number of para-hydroxylation sites is 2. The van der Waals surface area contributed by atoms with E-state index in [-0.39, 0.29) is 15.8 Å². The Kier molecular flexibility index (Phi) is 7.96. The fourth-order valence-corrected chi connectivity index (χ4v) is 4.76. The quantitative estimate of drug-likeness (QED) is 0.403.